The third-order valence-corrected chi connectivity index (χ3v) is 10.9. The molecule has 0 saturated carbocycles. The first kappa shape index (κ1) is 22.8. The van der Waals surface area contributed by atoms with Crippen LogP contribution < -0.4 is 0 Å². The third-order valence-electron chi connectivity index (χ3n) is 9.70. The molecule has 7 aromatic carbocycles. The van der Waals surface area contributed by atoms with Crippen molar-refractivity contribution in [1.82, 2.24) is 0 Å². The number of benzene rings is 7. The molecule has 0 N–H and O–H groups in total. The summed E-state index contributed by atoms with van der Waals surface area (Å²) in [7, 11) is 0. The Labute approximate surface area is 249 Å². The molecule has 3 aliphatic rings. The number of fused-ring (bicyclic) bond motifs is 12. The van der Waals surface area contributed by atoms with Crippen molar-refractivity contribution in [2.24, 2.45) is 0 Å². The van der Waals surface area contributed by atoms with Gasteiger partial charge in [-0.3, -0.25) is 0 Å². The Morgan fingerprint density at radius 3 is 1.67 bits per heavy atom. The van der Waals surface area contributed by atoms with Gasteiger partial charge in [0.25, 0.3) is 0 Å². The first-order chi connectivity index (χ1) is 20.8. The highest BCUT2D eigenvalue weighted by atomic mass is 32.2. The maximum Gasteiger partial charge on any atom is 0.0725 e. The van der Waals surface area contributed by atoms with Crippen molar-refractivity contribution < 1.29 is 0 Å². The molecule has 0 atom stereocenters. The van der Waals surface area contributed by atoms with Crippen LogP contribution in [0.4, 0.5) is 0 Å². The van der Waals surface area contributed by atoms with Crippen LogP contribution in [-0.2, 0) is 5.41 Å². The molecule has 1 heterocycles. The standard InChI is InChI=1S/C41H24S/c1-5-16-34-28(11-1)29-12-2-6-17-35(29)41(34)36-18-7-3-13-30(36)33-24-26(21-23-37(33)41)27-22-20-25-10-9-15-32-31-14-4-8-19-38(31)42-40(27)39(25)32/h1-24H. The predicted molar refractivity (Wildman–Crippen MR) is 175 cm³/mol. The van der Waals surface area contributed by atoms with E-state index in [2.05, 4.69) is 146 Å². The summed E-state index contributed by atoms with van der Waals surface area (Å²) in [6.07, 6.45) is 0. The van der Waals surface area contributed by atoms with E-state index in [1.165, 1.54) is 87.3 Å². The monoisotopic (exact) mass is 548 g/mol. The maximum atomic E-state index is 2.47. The Hall–Kier alpha value is -4.85. The van der Waals surface area contributed by atoms with E-state index in [1.807, 2.05) is 11.8 Å². The Balaban J connectivity index is 1.26. The molecule has 0 bridgehead atoms. The topological polar surface area (TPSA) is 0 Å². The summed E-state index contributed by atoms with van der Waals surface area (Å²) in [6, 6.07) is 54.6. The fourth-order valence-corrected chi connectivity index (χ4v) is 9.34. The first-order valence-electron chi connectivity index (χ1n) is 14.6. The number of rotatable bonds is 1. The average Bonchev–Trinajstić information content (AvgIpc) is 3.52. The zero-order chi connectivity index (χ0) is 27.4. The highest BCUT2D eigenvalue weighted by Crippen LogP contribution is 2.63. The summed E-state index contributed by atoms with van der Waals surface area (Å²) in [5, 5.41) is 2.67. The van der Waals surface area contributed by atoms with Crippen LogP contribution in [0.5, 0.6) is 0 Å². The van der Waals surface area contributed by atoms with Gasteiger partial charge in [-0.25, -0.2) is 0 Å². The molecule has 0 fully saturated rings. The minimum atomic E-state index is -0.295. The van der Waals surface area contributed by atoms with E-state index in [9.17, 15) is 0 Å². The summed E-state index contributed by atoms with van der Waals surface area (Å²) >= 11 is 1.92. The zero-order valence-electron chi connectivity index (χ0n) is 22.8. The highest BCUT2D eigenvalue weighted by molar-refractivity contribution is 8.00. The molecule has 1 heteroatoms. The molecule has 0 unspecified atom stereocenters. The van der Waals surface area contributed by atoms with E-state index in [-0.39, 0.29) is 5.41 Å². The maximum absolute atomic E-state index is 2.47. The van der Waals surface area contributed by atoms with Gasteiger partial charge in [-0.15, -0.1) is 0 Å². The van der Waals surface area contributed by atoms with Crippen LogP contribution >= 0.6 is 11.8 Å². The summed E-state index contributed by atoms with van der Waals surface area (Å²) in [5.41, 5.74) is 15.9. The molecule has 42 heavy (non-hydrogen) atoms. The van der Waals surface area contributed by atoms with Crippen molar-refractivity contribution in [3.05, 3.63) is 168 Å². The molecule has 1 aliphatic heterocycles. The van der Waals surface area contributed by atoms with Gasteiger partial charge in [0.2, 0.25) is 0 Å². The van der Waals surface area contributed by atoms with Crippen molar-refractivity contribution in [1.29, 1.82) is 0 Å². The Morgan fingerprint density at radius 2 is 0.952 bits per heavy atom. The first-order valence-corrected chi connectivity index (χ1v) is 15.4. The van der Waals surface area contributed by atoms with Crippen molar-refractivity contribution in [2.45, 2.75) is 15.2 Å². The van der Waals surface area contributed by atoms with Crippen LogP contribution in [0.2, 0.25) is 0 Å². The molecular weight excluding hydrogens is 525 g/mol. The van der Waals surface area contributed by atoms with Gasteiger partial charge in [-0.05, 0) is 84.3 Å². The second-order valence-electron chi connectivity index (χ2n) is 11.6. The van der Waals surface area contributed by atoms with E-state index in [1.54, 1.807) is 0 Å². The minimum Gasteiger partial charge on any atom is -0.0881 e. The van der Waals surface area contributed by atoms with Crippen LogP contribution in [-0.4, -0.2) is 0 Å². The molecular formula is C41H24S. The molecule has 0 aromatic heterocycles. The largest absolute Gasteiger partial charge is 0.0881 e. The van der Waals surface area contributed by atoms with Crippen molar-refractivity contribution >= 4 is 22.5 Å². The summed E-state index contributed by atoms with van der Waals surface area (Å²) in [6.45, 7) is 0. The molecule has 0 saturated heterocycles. The summed E-state index contributed by atoms with van der Waals surface area (Å²) in [4.78, 5) is 2.69. The van der Waals surface area contributed by atoms with Gasteiger partial charge in [0.05, 0.1) is 5.41 Å². The molecule has 2 aliphatic carbocycles. The van der Waals surface area contributed by atoms with Crippen LogP contribution in [0.3, 0.4) is 0 Å². The average molecular weight is 549 g/mol. The predicted octanol–water partition coefficient (Wildman–Crippen LogP) is 11.0. The molecule has 194 valence electrons. The Kier molecular flexibility index (Phi) is 4.41. The van der Waals surface area contributed by atoms with Crippen LogP contribution in [0.1, 0.15) is 22.3 Å². The van der Waals surface area contributed by atoms with Gasteiger partial charge in [-0.1, -0.05) is 145 Å². The van der Waals surface area contributed by atoms with Crippen molar-refractivity contribution in [3.8, 4) is 44.5 Å². The minimum absolute atomic E-state index is 0.295. The van der Waals surface area contributed by atoms with E-state index in [0.29, 0.717) is 0 Å². The number of hydrogen-bond acceptors (Lipinski definition) is 1. The van der Waals surface area contributed by atoms with Crippen LogP contribution in [0.25, 0.3) is 55.3 Å². The van der Waals surface area contributed by atoms with Crippen molar-refractivity contribution in [2.75, 3.05) is 0 Å². The molecule has 1 spiro atoms. The lowest BCUT2D eigenvalue weighted by atomic mass is 9.70. The molecule has 0 amide bonds. The van der Waals surface area contributed by atoms with E-state index in [4.69, 9.17) is 0 Å². The quantitative estimate of drug-likeness (QED) is 0.197. The van der Waals surface area contributed by atoms with E-state index < -0.39 is 0 Å². The Morgan fingerprint density at radius 1 is 0.381 bits per heavy atom. The van der Waals surface area contributed by atoms with Crippen molar-refractivity contribution in [3.63, 3.8) is 0 Å². The molecule has 0 nitrogen and oxygen atoms in total. The lowest BCUT2D eigenvalue weighted by Gasteiger charge is -2.30. The van der Waals surface area contributed by atoms with E-state index >= 15 is 0 Å². The fraction of sp³-hybridized carbons (Fsp3) is 0.0244. The highest BCUT2D eigenvalue weighted by Gasteiger charge is 2.51. The second kappa shape index (κ2) is 8.12. The van der Waals surface area contributed by atoms with Gasteiger partial charge in [-0.2, -0.15) is 0 Å². The Bertz CT molecular complexity index is 2240. The van der Waals surface area contributed by atoms with Gasteiger partial charge in [0, 0.05) is 15.2 Å². The lowest BCUT2D eigenvalue weighted by Crippen LogP contribution is -2.25. The molecule has 0 radical (unpaired) electrons. The fourth-order valence-electron chi connectivity index (χ4n) is 8.06. The number of hydrogen-bond donors (Lipinski definition) is 0. The third kappa shape index (κ3) is 2.70. The zero-order valence-corrected chi connectivity index (χ0v) is 23.6. The van der Waals surface area contributed by atoms with Gasteiger partial charge in [0.1, 0.15) is 0 Å². The normalized spacial score (nSPS) is 14.3. The van der Waals surface area contributed by atoms with E-state index in [0.717, 1.165) is 0 Å². The van der Waals surface area contributed by atoms with Gasteiger partial charge in [0.15, 0.2) is 0 Å². The van der Waals surface area contributed by atoms with Gasteiger partial charge < -0.3 is 0 Å². The second-order valence-corrected chi connectivity index (χ2v) is 12.6. The SMILES string of the molecule is c1ccc2c(c1)Sc1c(-c3ccc4c(c3)-c3ccccc3C43c4ccccc4-c4ccccc43)ccc3cccc-2c13. The summed E-state index contributed by atoms with van der Waals surface area (Å²) in [5.74, 6) is 0. The lowest BCUT2D eigenvalue weighted by molar-refractivity contribution is 0.794. The molecule has 10 rings (SSSR count). The van der Waals surface area contributed by atoms with Gasteiger partial charge >= 0.3 is 0 Å². The summed E-state index contributed by atoms with van der Waals surface area (Å²) < 4.78 is 0. The van der Waals surface area contributed by atoms with Crippen LogP contribution in [0, 0.1) is 0 Å². The van der Waals surface area contributed by atoms with Crippen LogP contribution in [0.15, 0.2) is 155 Å². The molecule has 7 aromatic rings. The smallest absolute Gasteiger partial charge is 0.0725 e.